The highest BCUT2D eigenvalue weighted by Gasteiger charge is 2.53. The Morgan fingerprint density at radius 3 is 2.14 bits per heavy atom. The molecule has 0 aromatic heterocycles. The Hall–Kier alpha value is -3.49. The van der Waals surface area contributed by atoms with Gasteiger partial charge < -0.3 is 24.6 Å². The van der Waals surface area contributed by atoms with E-state index in [2.05, 4.69) is 58.7 Å². The number of nitrogens with zero attached hydrogens (tertiary/aromatic N) is 2. The van der Waals surface area contributed by atoms with Crippen LogP contribution in [0.5, 0.6) is 0 Å². The summed E-state index contributed by atoms with van der Waals surface area (Å²) in [6.07, 6.45) is 0.241. The summed E-state index contributed by atoms with van der Waals surface area (Å²) in [6, 6.07) is 27.0. The molecule has 3 aromatic rings. The molecule has 226 valence electrons. The number of likely N-dealkylation sites (tertiary alicyclic amines) is 2. The lowest BCUT2D eigenvalue weighted by molar-refractivity contribution is -0.112. The van der Waals surface area contributed by atoms with Crippen molar-refractivity contribution in [1.82, 2.24) is 15.1 Å². The molecule has 6 rings (SSSR count). The van der Waals surface area contributed by atoms with Crippen LogP contribution >= 0.6 is 11.8 Å². The Labute approximate surface area is 258 Å². The zero-order chi connectivity index (χ0) is 30.0. The van der Waals surface area contributed by atoms with E-state index >= 15 is 0 Å². The van der Waals surface area contributed by atoms with Crippen molar-refractivity contribution in [3.8, 4) is 11.1 Å². The number of nitrogens with one attached hydrogen (secondary N) is 1. The summed E-state index contributed by atoms with van der Waals surface area (Å²) in [5.74, 6) is 0.801. The van der Waals surface area contributed by atoms with Crippen molar-refractivity contribution in [2.45, 2.75) is 49.6 Å². The fraction of sp³-hybridized carbons (Fsp3) is 0.429. The Balaban J connectivity index is 1.01. The van der Waals surface area contributed by atoms with Gasteiger partial charge in [0, 0.05) is 60.7 Å². The Bertz CT molecular complexity index is 1400. The third-order valence-corrected chi connectivity index (χ3v) is 9.65. The minimum absolute atomic E-state index is 0.0305. The number of fused-ring (bicyclic) bond motifs is 3. The van der Waals surface area contributed by atoms with Crippen LogP contribution in [0.15, 0.2) is 83.8 Å². The average Bonchev–Trinajstić information content (AvgIpc) is 3.26. The molecule has 2 saturated heterocycles. The van der Waals surface area contributed by atoms with E-state index in [4.69, 9.17) is 9.47 Å². The van der Waals surface area contributed by atoms with Crippen molar-refractivity contribution in [2.24, 2.45) is 5.41 Å². The minimum atomic E-state index is -0.474. The van der Waals surface area contributed by atoms with E-state index < -0.39 is 5.60 Å². The van der Waals surface area contributed by atoms with E-state index in [0.717, 1.165) is 44.9 Å². The topological polar surface area (TPSA) is 71.1 Å². The van der Waals surface area contributed by atoms with Crippen LogP contribution in [-0.4, -0.2) is 78.7 Å². The maximum atomic E-state index is 13.1. The van der Waals surface area contributed by atoms with Gasteiger partial charge in [0.25, 0.3) is 0 Å². The number of amides is 2. The predicted octanol–water partition coefficient (Wildman–Crippen LogP) is 6.63. The van der Waals surface area contributed by atoms with Crippen molar-refractivity contribution in [3.05, 3.63) is 90.0 Å². The molecule has 1 spiro atoms. The predicted molar refractivity (Wildman–Crippen MR) is 170 cm³/mol. The molecule has 1 N–H and O–H groups in total. The third kappa shape index (κ3) is 6.86. The summed E-state index contributed by atoms with van der Waals surface area (Å²) in [6.45, 7) is 10.3. The fourth-order valence-electron chi connectivity index (χ4n) is 6.54. The second kappa shape index (κ2) is 12.2. The Morgan fingerprint density at radius 1 is 0.907 bits per heavy atom. The van der Waals surface area contributed by atoms with Crippen molar-refractivity contribution in [1.29, 1.82) is 0 Å². The fourth-order valence-corrected chi connectivity index (χ4v) is 7.53. The van der Waals surface area contributed by atoms with E-state index in [1.54, 1.807) is 16.7 Å². The van der Waals surface area contributed by atoms with Crippen LogP contribution in [0.25, 0.3) is 11.1 Å². The van der Waals surface area contributed by atoms with Crippen LogP contribution in [0.3, 0.4) is 0 Å². The molecule has 1 aliphatic carbocycles. The highest BCUT2D eigenvalue weighted by molar-refractivity contribution is 7.99. The van der Waals surface area contributed by atoms with Crippen molar-refractivity contribution >= 4 is 23.9 Å². The number of hydrogen-bond donors (Lipinski definition) is 1. The number of hydrogen-bond acceptors (Lipinski definition) is 6. The number of thioether (sulfide) groups is 1. The van der Waals surface area contributed by atoms with Gasteiger partial charge in [0.2, 0.25) is 0 Å². The number of benzene rings is 3. The molecule has 3 aliphatic rings. The summed E-state index contributed by atoms with van der Waals surface area (Å²) in [5, 5.41) is 3.18. The summed E-state index contributed by atoms with van der Waals surface area (Å²) >= 11 is 1.75. The smallest absolute Gasteiger partial charge is 0.410 e. The largest absolute Gasteiger partial charge is 0.449 e. The van der Waals surface area contributed by atoms with Crippen LogP contribution in [0, 0.1) is 5.41 Å². The third-order valence-electron chi connectivity index (χ3n) is 8.48. The standard InChI is InChI=1S/C35H41N3O4S/c1-34(2,3)42-33(40)38-23-35(24-38)21-37(22-35)18-17-25(20-43-26-11-5-4-6-12-26)36-32(39)41-19-31-29-15-9-7-13-27(29)28-14-8-10-16-30(28)31/h4-16,25,31H,17-24H2,1-3H3,(H,36,39)/t25-/m1/s1. The van der Waals surface area contributed by atoms with E-state index in [0.29, 0.717) is 6.61 Å². The molecule has 2 heterocycles. The van der Waals surface area contributed by atoms with Crippen molar-refractivity contribution in [3.63, 3.8) is 0 Å². The lowest BCUT2D eigenvalue weighted by Gasteiger charge is -2.60. The van der Waals surface area contributed by atoms with Gasteiger partial charge in [-0.25, -0.2) is 9.59 Å². The lowest BCUT2D eigenvalue weighted by Crippen LogP contribution is -2.73. The minimum Gasteiger partial charge on any atom is -0.449 e. The first-order valence-electron chi connectivity index (χ1n) is 15.2. The first kappa shape index (κ1) is 29.6. The SMILES string of the molecule is CC(C)(C)OC(=O)N1CC2(CN(CC[C@H](CSc3ccccc3)NC(=O)OCC3c4ccccc4-c4ccccc43)C2)C1. The molecule has 7 nitrogen and oxygen atoms in total. The molecule has 0 saturated carbocycles. The number of carbonyl (C=O) groups excluding carboxylic acids is 2. The first-order chi connectivity index (χ1) is 20.7. The van der Waals surface area contributed by atoms with Gasteiger partial charge in [-0.2, -0.15) is 0 Å². The molecular weight excluding hydrogens is 558 g/mol. The molecule has 8 heteroatoms. The molecular formula is C35H41N3O4S. The van der Waals surface area contributed by atoms with Crippen molar-refractivity contribution in [2.75, 3.05) is 45.1 Å². The highest BCUT2D eigenvalue weighted by Crippen LogP contribution is 2.44. The number of rotatable bonds is 9. The van der Waals surface area contributed by atoms with Gasteiger partial charge >= 0.3 is 12.2 Å². The Kier molecular flexibility index (Phi) is 8.42. The molecule has 0 unspecified atom stereocenters. The van der Waals surface area contributed by atoms with Crippen LogP contribution in [0.2, 0.25) is 0 Å². The summed E-state index contributed by atoms with van der Waals surface area (Å²) in [4.78, 5) is 30.9. The van der Waals surface area contributed by atoms with Gasteiger partial charge in [-0.3, -0.25) is 0 Å². The van der Waals surface area contributed by atoms with Gasteiger partial charge in [0.1, 0.15) is 12.2 Å². The van der Waals surface area contributed by atoms with Gasteiger partial charge in [-0.15, -0.1) is 11.8 Å². The van der Waals surface area contributed by atoms with Gasteiger partial charge in [-0.1, -0.05) is 66.7 Å². The maximum Gasteiger partial charge on any atom is 0.410 e. The molecule has 3 aromatic carbocycles. The average molecular weight is 600 g/mol. The van der Waals surface area contributed by atoms with Crippen LogP contribution in [0.1, 0.15) is 44.2 Å². The van der Waals surface area contributed by atoms with Gasteiger partial charge in [0.15, 0.2) is 0 Å². The number of carbonyl (C=O) groups is 2. The van der Waals surface area contributed by atoms with Gasteiger partial charge in [0.05, 0.1) is 0 Å². The van der Waals surface area contributed by atoms with Crippen molar-refractivity contribution < 1.29 is 19.1 Å². The van der Waals surface area contributed by atoms with E-state index in [1.807, 2.05) is 51.1 Å². The van der Waals surface area contributed by atoms with E-state index in [1.165, 1.54) is 27.1 Å². The number of alkyl carbamates (subject to hydrolysis) is 1. The zero-order valence-electron chi connectivity index (χ0n) is 25.3. The molecule has 2 amide bonds. The van der Waals surface area contributed by atoms with Crippen LogP contribution in [-0.2, 0) is 9.47 Å². The monoisotopic (exact) mass is 599 g/mol. The molecule has 2 aliphatic heterocycles. The quantitative estimate of drug-likeness (QED) is 0.279. The van der Waals surface area contributed by atoms with Crippen LogP contribution in [0.4, 0.5) is 9.59 Å². The molecule has 0 bridgehead atoms. The molecule has 0 radical (unpaired) electrons. The summed E-state index contributed by atoms with van der Waals surface area (Å²) < 4.78 is 11.4. The van der Waals surface area contributed by atoms with Gasteiger partial charge in [-0.05, 0) is 61.6 Å². The number of ether oxygens (including phenoxy) is 2. The lowest BCUT2D eigenvalue weighted by atomic mass is 9.73. The maximum absolute atomic E-state index is 13.1. The normalized spacial score (nSPS) is 17.8. The van der Waals surface area contributed by atoms with E-state index in [9.17, 15) is 9.59 Å². The highest BCUT2D eigenvalue weighted by atomic mass is 32.2. The summed E-state index contributed by atoms with van der Waals surface area (Å²) in [7, 11) is 0. The zero-order valence-corrected chi connectivity index (χ0v) is 26.1. The molecule has 2 fully saturated rings. The molecule has 43 heavy (non-hydrogen) atoms. The summed E-state index contributed by atoms with van der Waals surface area (Å²) in [5.41, 5.74) is 4.57. The van der Waals surface area contributed by atoms with Crippen LogP contribution < -0.4 is 5.32 Å². The Morgan fingerprint density at radius 2 is 1.51 bits per heavy atom. The van der Waals surface area contributed by atoms with E-state index in [-0.39, 0.29) is 29.6 Å². The first-order valence-corrected chi connectivity index (χ1v) is 16.2. The second-order valence-corrected chi connectivity index (χ2v) is 14.2. The molecule has 1 atom stereocenters. The second-order valence-electron chi connectivity index (χ2n) is 13.1.